The van der Waals surface area contributed by atoms with Crippen molar-refractivity contribution in [2.75, 3.05) is 0 Å². The molecule has 0 bridgehead atoms. The van der Waals surface area contributed by atoms with E-state index in [4.69, 9.17) is 5.73 Å². The molecule has 13 heavy (non-hydrogen) atoms. The van der Waals surface area contributed by atoms with Gasteiger partial charge in [-0.1, -0.05) is 24.3 Å². The van der Waals surface area contributed by atoms with Crippen LogP contribution < -0.4 is 5.73 Å². The van der Waals surface area contributed by atoms with Crippen LogP contribution in [0.1, 0.15) is 30.0 Å². The van der Waals surface area contributed by atoms with E-state index in [2.05, 4.69) is 24.3 Å². The van der Waals surface area contributed by atoms with Crippen LogP contribution in [0.5, 0.6) is 0 Å². The van der Waals surface area contributed by atoms with Crippen LogP contribution in [0.15, 0.2) is 24.3 Å². The van der Waals surface area contributed by atoms with Gasteiger partial charge in [-0.05, 0) is 35.8 Å². The van der Waals surface area contributed by atoms with E-state index in [0.29, 0.717) is 11.5 Å². The first-order chi connectivity index (χ1) is 5.82. The van der Waals surface area contributed by atoms with E-state index in [-0.39, 0.29) is 12.4 Å². The molecule has 70 valence electrons. The summed E-state index contributed by atoms with van der Waals surface area (Å²) >= 11 is 0. The molecule has 0 radical (unpaired) electrons. The maximum absolute atomic E-state index is 6.19. The summed E-state index contributed by atoms with van der Waals surface area (Å²) in [6.45, 7) is 0. The Morgan fingerprint density at radius 2 is 1.92 bits per heavy atom. The van der Waals surface area contributed by atoms with E-state index >= 15 is 0 Å². The average molecular weight is 196 g/mol. The van der Waals surface area contributed by atoms with Crippen molar-refractivity contribution < 1.29 is 0 Å². The third-order valence-electron chi connectivity index (χ3n) is 3.48. The number of nitrogens with two attached hydrogens (primary N) is 1. The van der Waals surface area contributed by atoms with E-state index < -0.39 is 0 Å². The fourth-order valence-electron chi connectivity index (χ4n) is 2.47. The second kappa shape index (κ2) is 2.73. The van der Waals surface area contributed by atoms with Crippen molar-refractivity contribution in [2.45, 2.75) is 25.3 Å². The predicted molar refractivity (Wildman–Crippen MR) is 56.0 cm³/mol. The third kappa shape index (κ3) is 1.11. The van der Waals surface area contributed by atoms with Gasteiger partial charge in [-0.3, -0.25) is 0 Å². The summed E-state index contributed by atoms with van der Waals surface area (Å²) < 4.78 is 0. The molecule has 1 aromatic rings. The maximum Gasteiger partial charge on any atom is 0.0358 e. The Morgan fingerprint density at radius 3 is 2.54 bits per heavy atom. The summed E-state index contributed by atoms with van der Waals surface area (Å²) in [6.07, 6.45) is 3.90. The smallest absolute Gasteiger partial charge is 0.0358 e. The molecule has 0 aromatic heterocycles. The maximum atomic E-state index is 6.19. The average Bonchev–Trinajstić information content (AvgIpc) is 2.79. The lowest BCUT2D eigenvalue weighted by molar-refractivity contribution is 0.446. The standard InChI is InChI=1S/C11H13N.ClH/c12-10-9-4-2-1-3-8(9)7-11(10)5-6-11;/h1-4,10H,5-7,12H2;1H. The van der Waals surface area contributed by atoms with Gasteiger partial charge < -0.3 is 5.73 Å². The first kappa shape index (κ1) is 9.04. The zero-order valence-corrected chi connectivity index (χ0v) is 8.31. The van der Waals surface area contributed by atoms with Crippen LogP contribution in [-0.2, 0) is 6.42 Å². The molecule has 2 N–H and O–H groups in total. The van der Waals surface area contributed by atoms with Crippen LogP contribution in [0.25, 0.3) is 0 Å². The van der Waals surface area contributed by atoms with E-state index in [1.807, 2.05) is 0 Å². The van der Waals surface area contributed by atoms with Crippen LogP contribution in [-0.4, -0.2) is 0 Å². The minimum atomic E-state index is 0. The lowest BCUT2D eigenvalue weighted by Gasteiger charge is -2.12. The predicted octanol–water partition coefficient (Wildman–Crippen LogP) is 2.44. The summed E-state index contributed by atoms with van der Waals surface area (Å²) in [6, 6.07) is 8.95. The molecule has 0 amide bonds. The van der Waals surface area contributed by atoms with E-state index in [9.17, 15) is 0 Å². The van der Waals surface area contributed by atoms with Gasteiger partial charge in [0.25, 0.3) is 0 Å². The zero-order chi connectivity index (χ0) is 8.18. The minimum Gasteiger partial charge on any atom is -0.323 e. The van der Waals surface area contributed by atoms with Gasteiger partial charge in [-0.25, -0.2) is 0 Å². The molecular formula is C11H14ClN. The zero-order valence-electron chi connectivity index (χ0n) is 7.49. The van der Waals surface area contributed by atoms with Crippen molar-refractivity contribution in [2.24, 2.45) is 11.1 Å². The van der Waals surface area contributed by atoms with Crippen molar-refractivity contribution in [1.29, 1.82) is 0 Å². The third-order valence-corrected chi connectivity index (χ3v) is 3.48. The van der Waals surface area contributed by atoms with Crippen LogP contribution in [0, 0.1) is 5.41 Å². The van der Waals surface area contributed by atoms with Gasteiger partial charge >= 0.3 is 0 Å². The van der Waals surface area contributed by atoms with Crippen LogP contribution in [0.2, 0.25) is 0 Å². The second-order valence-corrected chi connectivity index (χ2v) is 4.22. The Kier molecular flexibility index (Phi) is 1.90. The SMILES string of the molecule is Cl.NC1c2ccccc2CC12CC2. The highest BCUT2D eigenvalue weighted by Gasteiger charge is 2.52. The second-order valence-electron chi connectivity index (χ2n) is 4.22. The minimum absolute atomic E-state index is 0. The Morgan fingerprint density at radius 1 is 1.23 bits per heavy atom. The quantitative estimate of drug-likeness (QED) is 0.676. The Bertz CT molecular complexity index is 331. The first-order valence-corrected chi connectivity index (χ1v) is 4.65. The normalized spacial score (nSPS) is 26.7. The lowest BCUT2D eigenvalue weighted by atomic mass is 9.99. The van der Waals surface area contributed by atoms with Crippen molar-refractivity contribution >= 4 is 12.4 Å². The fraction of sp³-hybridized carbons (Fsp3) is 0.455. The van der Waals surface area contributed by atoms with Gasteiger partial charge in [0.15, 0.2) is 0 Å². The molecule has 1 aromatic carbocycles. The number of fused-ring (bicyclic) bond motifs is 1. The summed E-state index contributed by atoms with van der Waals surface area (Å²) in [5.74, 6) is 0. The number of hydrogen-bond acceptors (Lipinski definition) is 1. The fourth-order valence-corrected chi connectivity index (χ4v) is 2.47. The number of rotatable bonds is 0. The van der Waals surface area contributed by atoms with Gasteiger partial charge in [0.1, 0.15) is 0 Å². The molecule has 0 heterocycles. The highest BCUT2D eigenvalue weighted by atomic mass is 35.5. The molecule has 1 atom stereocenters. The molecule has 0 saturated heterocycles. The van der Waals surface area contributed by atoms with Gasteiger partial charge in [-0.15, -0.1) is 12.4 Å². The molecule has 1 nitrogen and oxygen atoms in total. The molecule has 0 aliphatic heterocycles. The largest absolute Gasteiger partial charge is 0.323 e. The highest BCUT2D eigenvalue weighted by molar-refractivity contribution is 5.85. The molecule has 1 spiro atoms. The van der Waals surface area contributed by atoms with Crippen LogP contribution in [0.4, 0.5) is 0 Å². The first-order valence-electron chi connectivity index (χ1n) is 4.65. The van der Waals surface area contributed by atoms with Crippen LogP contribution in [0.3, 0.4) is 0 Å². The molecule has 2 heteroatoms. The molecule has 2 aliphatic carbocycles. The molecule has 3 rings (SSSR count). The summed E-state index contributed by atoms with van der Waals surface area (Å²) in [4.78, 5) is 0. The number of benzene rings is 1. The van der Waals surface area contributed by atoms with E-state index in [0.717, 1.165) is 0 Å². The Labute approximate surface area is 84.7 Å². The van der Waals surface area contributed by atoms with Crippen molar-refractivity contribution in [3.63, 3.8) is 0 Å². The molecular weight excluding hydrogens is 182 g/mol. The lowest BCUT2D eigenvalue weighted by Crippen LogP contribution is -2.17. The van der Waals surface area contributed by atoms with E-state index in [1.54, 1.807) is 0 Å². The van der Waals surface area contributed by atoms with Gasteiger partial charge in [0.2, 0.25) is 0 Å². The summed E-state index contributed by atoms with van der Waals surface area (Å²) in [7, 11) is 0. The summed E-state index contributed by atoms with van der Waals surface area (Å²) in [5.41, 5.74) is 9.56. The molecule has 1 saturated carbocycles. The van der Waals surface area contributed by atoms with E-state index in [1.165, 1.54) is 30.4 Å². The van der Waals surface area contributed by atoms with Gasteiger partial charge in [0.05, 0.1) is 0 Å². The number of hydrogen-bond donors (Lipinski definition) is 1. The molecule has 2 aliphatic rings. The van der Waals surface area contributed by atoms with Gasteiger partial charge in [-0.2, -0.15) is 0 Å². The molecule has 1 fully saturated rings. The van der Waals surface area contributed by atoms with Crippen LogP contribution >= 0.6 is 12.4 Å². The number of halogens is 1. The monoisotopic (exact) mass is 195 g/mol. The summed E-state index contributed by atoms with van der Waals surface area (Å²) in [5, 5.41) is 0. The van der Waals surface area contributed by atoms with Crippen molar-refractivity contribution in [3.05, 3.63) is 35.4 Å². The Balaban J connectivity index is 0.000000653. The molecule has 1 unspecified atom stereocenters. The topological polar surface area (TPSA) is 26.0 Å². The van der Waals surface area contributed by atoms with Crippen molar-refractivity contribution in [1.82, 2.24) is 0 Å². The van der Waals surface area contributed by atoms with Crippen molar-refractivity contribution in [3.8, 4) is 0 Å². The van der Waals surface area contributed by atoms with Gasteiger partial charge in [0, 0.05) is 6.04 Å². The Hall–Kier alpha value is -0.530. The highest BCUT2D eigenvalue weighted by Crippen LogP contribution is 2.60.